The van der Waals surface area contributed by atoms with Gasteiger partial charge in [0.25, 0.3) is 0 Å². The molecule has 1 N–H and O–H groups in total. The predicted molar refractivity (Wildman–Crippen MR) is 83.6 cm³/mol. The summed E-state index contributed by atoms with van der Waals surface area (Å²) in [5.41, 5.74) is 5.11. The van der Waals surface area contributed by atoms with Gasteiger partial charge in [0.15, 0.2) is 0 Å². The molecule has 0 bridgehead atoms. The fourth-order valence-corrected chi connectivity index (χ4v) is 2.33. The number of nitrogens with zero attached hydrogens (tertiary/aromatic N) is 3. The fourth-order valence-electron chi connectivity index (χ4n) is 2.33. The standard InChI is InChI=1S/C16H24N4/c1-13-5-6-14(11-19(3)8-7-17-2)16(9-13)15-10-18-20(4)12-15/h5-6,9-10,12,17H,7-8,11H2,1-4H3. The van der Waals surface area contributed by atoms with E-state index in [1.807, 2.05) is 25.0 Å². The fraction of sp³-hybridized carbons (Fsp3) is 0.438. The number of benzene rings is 1. The van der Waals surface area contributed by atoms with Crippen molar-refractivity contribution in [1.82, 2.24) is 20.0 Å². The highest BCUT2D eigenvalue weighted by Crippen LogP contribution is 2.25. The first kappa shape index (κ1) is 14.8. The van der Waals surface area contributed by atoms with Crippen LogP contribution in [-0.2, 0) is 13.6 Å². The summed E-state index contributed by atoms with van der Waals surface area (Å²) >= 11 is 0. The van der Waals surface area contributed by atoms with E-state index in [1.54, 1.807) is 0 Å². The molecule has 0 aliphatic heterocycles. The number of likely N-dealkylation sites (N-methyl/N-ethyl adjacent to an activating group) is 2. The summed E-state index contributed by atoms with van der Waals surface area (Å²) in [5, 5.41) is 7.47. The molecule has 0 amide bonds. The molecule has 108 valence electrons. The van der Waals surface area contributed by atoms with Crippen LogP contribution in [0.4, 0.5) is 0 Å². The van der Waals surface area contributed by atoms with Crippen LogP contribution in [0.5, 0.6) is 0 Å². The number of nitrogens with one attached hydrogen (secondary N) is 1. The Bertz CT molecular complexity index is 559. The van der Waals surface area contributed by atoms with Gasteiger partial charge in [0.1, 0.15) is 0 Å². The summed E-state index contributed by atoms with van der Waals surface area (Å²) < 4.78 is 1.85. The van der Waals surface area contributed by atoms with Crippen molar-refractivity contribution in [2.24, 2.45) is 7.05 Å². The lowest BCUT2D eigenvalue weighted by Crippen LogP contribution is -2.27. The van der Waals surface area contributed by atoms with Crippen molar-refractivity contribution in [2.45, 2.75) is 13.5 Å². The maximum atomic E-state index is 4.29. The third-order valence-corrected chi connectivity index (χ3v) is 3.47. The molecule has 2 aromatic rings. The highest BCUT2D eigenvalue weighted by Gasteiger charge is 2.09. The smallest absolute Gasteiger partial charge is 0.0568 e. The van der Waals surface area contributed by atoms with E-state index < -0.39 is 0 Å². The van der Waals surface area contributed by atoms with E-state index in [-0.39, 0.29) is 0 Å². The Morgan fingerprint density at radius 2 is 2.15 bits per heavy atom. The molecule has 0 saturated carbocycles. The molecule has 0 atom stereocenters. The highest BCUT2D eigenvalue weighted by atomic mass is 15.2. The first-order chi connectivity index (χ1) is 9.60. The van der Waals surface area contributed by atoms with Gasteiger partial charge in [0, 0.05) is 38.4 Å². The summed E-state index contributed by atoms with van der Waals surface area (Å²) in [6.07, 6.45) is 4.01. The summed E-state index contributed by atoms with van der Waals surface area (Å²) in [4.78, 5) is 2.33. The van der Waals surface area contributed by atoms with Gasteiger partial charge in [-0.15, -0.1) is 0 Å². The zero-order valence-corrected chi connectivity index (χ0v) is 12.8. The molecule has 0 fully saturated rings. The zero-order valence-electron chi connectivity index (χ0n) is 12.8. The lowest BCUT2D eigenvalue weighted by molar-refractivity contribution is 0.328. The molecule has 1 aromatic heterocycles. The van der Waals surface area contributed by atoms with Crippen molar-refractivity contribution >= 4 is 0 Å². The molecule has 0 unspecified atom stereocenters. The second-order valence-corrected chi connectivity index (χ2v) is 5.40. The largest absolute Gasteiger partial charge is 0.318 e. The van der Waals surface area contributed by atoms with Gasteiger partial charge in [0.2, 0.25) is 0 Å². The molecule has 0 saturated heterocycles. The minimum absolute atomic E-state index is 0.951. The highest BCUT2D eigenvalue weighted by molar-refractivity contribution is 5.66. The van der Waals surface area contributed by atoms with Crippen molar-refractivity contribution in [3.05, 3.63) is 41.7 Å². The Labute approximate surface area is 121 Å². The molecule has 0 spiro atoms. The molecule has 0 aliphatic carbocycles. The lowest BCUT2D eigenvalue weighted by Gasteiger charge is -2.18. The monoisotopic (exact) mass is 272 g/mol. The second-order valence-electron chi connectivity index (χ2n) is 5.40. The van der Waals surface area contributed by atoms with Gasteiger partial charge >= 0.3 is 0 Å². The molecule has 1 aromatic carbocycles. The van der Waals surface area contributed by atoms with Gasteiger partial charge < -0.3 is 10.2 Å². The summed E-state index contributed by atoms with van der Waals surface area (Å²) in [6.45, 7) is 5.13. The SMILES string of the molecule is CNCCN(C)Cc1ccc(C)cc1-c1cnn(C)c1. The van der Waals surface area contributed by atoms with Crippen LogP contribution in [0.25, 0.3) is 11.1 Å². The van der Waals surface area contributed by atoms with Crippen molar-refractivity contribution in [3.63, 3.8) is 0 Å². The second kappa shape index (κ2) is 6.68. The summed E-state index contributed by atoms with van der Waals surface area (Å²) in [5.74, 6) is 0. The summed E-state index contributed by atoms with van der Waals surface area (Å²) in [7, 11) is 6.10. The average molecular weight is 272 g/mol. The Hall–Kier alpha value is -1.65. The van der Waals surface area contributed by atoms with Crippen molar-refractivity contribution < 1.29 is 0 Å². The van der Waals surface area contributed by atoms with Crippen molar-refractivity contribution in [2.75, 3.05) is 27.2 Å². The molecular formula is C16H24N4. The number of hydrogen-bond donors (Lipinski definition) is 1. The van der Waals surface area contributed by atoms with E-state index >= 15 is 0 Å². The quantitative estimate of drug-likeness (QED) is 0.873. The van der Waals surface area contributed by atoms with Gasteiger partial charge in [-0.25, -0.2) is 0 Å². The molecule has 20 heavy (non-hydrogen) atoms. The van der Waals surface area contributed by atoms with E-state index in [4.69, 9.17) is 0 Å². The van der Waals surface area contributed by atoms with E-state index in [2.05, 4.69) is 53.7 Å². The number of hydrogen-bond acceptors (Lipinski definition) is 3. The van der Waals surface area contributed by atoms with E-state index in [9.17, 15) is 0 Å². The zero-order chi connectivity index (χ0) is 14.5. The predicted octanol–water partition coefficient (Wildman–Crippen LogP) is 2.05. The van der Waals surface area contributed by atoms with Gasteiger partial charge in [0.05, 0.1) is 6.20 Å². The van der Waals surface area contributed by atoms with E-state index in [1.165, 1.54) is 22.3 Å². The Morgan fingerprint density at radius 3 is 2.80 bits per heavy atom. The van der Waals surface area contributed by atoms with Crippen molar-refractivity contribution in [3.8, 4) is 11.1 Å². The Balaban J connectivity index is 2.24. The molecule has 4 heteroatoms. The van der Waals surface area contributed by atoms with Crippen LogP contribution in [0.3, 0.4) is 0 Å². The number of rotatable bonds is 6. The van der Waals surface area contributed by atoms with Gasteiger partial charge in [-0.05, 0) is 32.1 Å². The van der Waals surface area contributed by atoms with Crippen LogP contribution in [-0.4, -0.2) is 41.9 Å². The summed E-state index contributed by atoms with van der Waals surface area (Å²) in [6, 6.07) is 6.66. The Kier molecular flexibility index (Phi) is 4.93. The van der Waals surface area contributed by atoms with Crippen LogP contribution >= 0.6 is 0 Å². The Morgan fingerprint density at radius 1 is 1.35 bits per heavy atom. The molecule has 1 heterocycles. The van der Waals surface area contributed by atoms with Crippen LogP contribution in [0.15, 0.2) is 30.6 Å². The van der Waals surface area contributed by atoms with Gasteiger partial charge in [-0.2, -0.15) is 5.10 Å². The lowest BCUT2D eigenvalue weighted by atomic mass is 9.99. The van der Waals surface area contributed by atoms with Crippen LogP contribution < -0.4 is 5.32 Å². The first-order valence-corrected chi connectivity index (χ1v) is 7.02. The molecule has 0 radical (unpaired) electrons. The maximum absolute atomic E-state index is 4.29. The minimum atomic E-state index is 0.951. The van der Waals surface area contributed by atoms with E-state index in [0.29, 0.717) is 0 Å². The van der Waals surface area contributed by atoms with Crippen LogP contribution in [0, 0.1) is 6.92 Å². The van der Waals surface area contributed by atoms with Gasteiger partial charge in [-0.1, -0.05) is 23.8 Å². The third-order valence-electron chi connectivity index (χ3n) is 3.47. The normalized spacial score (nSPS) is 11.2. The average Bonchev–Trinajstić information content (AvgIpc) is 2.85. The molecular weight excluding hydrogens is 248 g/mol. The van der Waals surface area contributed by atoms with Gasteiger partial charge in [-0.3, -0.25) is 4.68 Å². The maximum Gasteiger partial charge on any atom is 0.0568 e. The topological polar surface area (TPSA) is 33.1 Å². The number of aromatic nitrogens is 2. The minimum Gasteiger partial charge on any atom is -0.318 e. The van der Waals surface area contributed by atoms with Crippen LogP contribution in [0.1, 0.15) is 11.1 Å². The molecule has 4 nitrogen and oxygen atoms in total. The molecule has 2 rings (SSSR count). The number of aryl methyl sites for hydroxylation is 2. The van der Waals surface area contributed by atoms with E-state index in [0.717, 1.165) is 19.6 Å². The first-order valence-electron chi connectivity index (χ1n) is 7.02. The third kappa shape index (κ3) is 3.68. The van der Waals surface area contributed by atoms with Crippen LogP contribution in [0.2, 0.25) is 0 Å². The molecule has 0 aliphatic rings. The van der Waals surface area contributed by atoms with Crippen molar-refractivity contribution in [1.29, 1.82) is 0 Å².